The molecule has 1 aromatic heterocycles. The maximum atomic E-state index is 12.3. The molecule has 0 radical (unpaired) electrons. The summed E-state index contributed by atoms with van der Waals surface area (Å²) >= 11 is 0. The smallest absolute Gasteiger partial charge is 0.222 e. The number of hydrogen-bond acceptors (Lipinski definition) is 5. The fourth-order valence-corrected chi connectivity index (χ4v) is 3.80. The first-order valence-electron chi connectivity index (χ1n) is 8.70. The van der Waals surface area contributed by atoms with Gasteiger partial charge in [-0.1, -0.05) is 0 Å². The van der Waals surface area contributed by atoms with E-state index < -0.39 is 0 Å². The SMILES string of the molecule is O=C(CC1CC1)N1CC[C@@H]2[C@@H](CO[C@H]2CNc2ncccn2)C1. The second-order valence-corrected chi connectivity index (χ2v) is 7.02. The summed E-state index contributed by atoms with van der Waals surface area (Å²) in [5.74, 6) is 2.69. The number of carbonyl (C=O) groups excluding carboxylic acids is 1. The van der Waals surface area contributed by atoms with E-state index in [0.717, 1.165) is 39.1 Å². The molecule has 4 rings (SSSR count). The van der Waals surface area contributed by atoms with Gasteiger partial charge < -0.3 is 15.0 Å². The highest BCUT2D eigenvalue weighted by molar-refractivity contribution is 5.76. The number of nitrogens with one attached hydrogen (secondary N) is 1. The van der Waals surface area contributed by atoms with Gasteiger partial charge in [-0.25, -0.2) is 9.97 Å². The van der Waals surface area contributed by atoms with Crippen LogP contribution in [0.2, 0.25) is 0 Å². The van der Waals surface area contributed by atoms with Crippen LogP contribution >= 0.6 is 0 Å². The number of hydrogen-bond donors (Lipinski definition) is 1. The fourth-order valence-electron chi connectivity index (χ4n) is 3.80. The summed E-state index contributed by atoms with van der Waals surface area (Å²) in [4.78, 5) is 22.7. The minimum atomic E-state index is 0.199. The second-order valence-electron chi connectivity index (χ2n) is 7.02. The van der Waals surface area contributed by atoms with Gasteiger partial charge in [-0.05, 0) is 37.2 Å². The molecule has 3 aliphatic rings. The molecule has 2 saturated heterocycles. The zero-order valence-electron chi connectivity index (χ0n) is 13.4. The molecule has 0 aromatic carbocycles. The molecular formula is C17H24N4O2. The van der Waals surface area contributed by atoms with Gasteiger partial charge in [0.2, 0.25) is 11.9 Å². The van der Waals surface area contributed by atoms with Crippen molar-refractivity contribution in [1.29, 1.82) is 0 Å². The normalized spacial score (nSPS) is 30.1. The summed E-state index contributed by atoms with van der Waals surface area (Å²) in [6, 6.07) is 1.81. The Morgan fingerprint density at radius 1 is 1.30 bits per heavy atom. The van der Waals surface area contributed by atoms with Crippen molar-refractivity contribution in [3.05, 3.63) is 18.5 Å². The monoisotopic (exact) mass is 316 g/mol. The minimum absolute atomic E-state index is 0.199. The molecule has 6 nitrogen and oxygen atoms in total. The highest BCUT2D eigenvalue weighted by atomic mass is 16.5. The van der Waals surface area contributed by atoms with E-state index in [1.54, 1.807) is 12.4 Å². The predicted octanol–water partition coefficient (Wildman–Crippen LogP) is 1.55. The van der Waals surface area contributed by atoms with Crippen molar-refractivity contribution >= 4 is 11.9 Å². The average Bonchev–Trinajstić information content (AvgIpc) is 3.31. The van der Waals surface area contributed by atoms with Gasteiger partial charge in [-0.15, -0.1) is 0 Å². The molecule has 6 heteroatoms. The molecule has 124 valence electrons. The Hall–Kier alpha value is -1.69. The molecule has 0 bridgehead atoms. The number of amides is 1. The van der Waals surface area contributed by atoms with Crippen molar-refractivity contribution < 1.29 is 9.53 Å². The minimum Gasteiger partial charge on any atom is -0.376 e. The molecular weight excluding hydrogens is 292 g/mol. The Bertz CT molecular complexity index is 549. The number of likely N-dealkylation sites (tertiary alicyclic amines) is 1. The number of fused-ring (bicyclic) bond motifs is 1. The number of piperidine rings is 1. The lowest BCUT2D eigenvalue weighted by Crippen LogP contribution is -2.45. The van der Waals surface area contributed by atoms with Crippen LogP contribution in [-0.2, 0) is 9.53 Å². The van der Waals surface area contributed by atoms with Crippen LogP contribution < -0.4 is 5.32 Å². The predicted molar refractivity (Wildman–Crippen MR) is 85.8 cm³/mol. The van der Waals surface area contributed by atoms with Crippen molar-refractivity contribution in [3.63, 3.8) is 0 Å². The van der Waals surface area contributed by atoms with Crippen LogP contribution in [-0.4, -0.2) is 53.1 Å². The number of nitrogens with zero attached hydrogens (tertiary/aromatic N) is 3. The second kappa shape index (κ2) is 6.43. The van der Waals surface area contributed by atoms with Crippen LogP contribution in [0.5, 0.6) is 0 Å². The topological polar surface area (TPSA) is 67.3 Å². The van der Waals surface area contributed by atoms with E-state index in [0.29, 0.717) is 29.6 Å². The van der Waals surface area contributed by atoms with Gasteiger partial charge in [0.15, 0.2) is 0 Å². The maximum absolute atomic E-state index is 12.3. The van der Waals surface area contributed by atoms with Crippen LogP contribution in [0, 0.1) is 17.8 Å². The van der Waals surface area contributed by atoms with E-state index in [-0.39, 0.29) is 6.10 Å². The van der Waals surface area contributed by atoms with E-state index in [9.17, 15) is 4.79 Å². The molecule has 1 aliphatic carbocycles. The summed E-state index contributed by atoms with van der Waals surface area (Å²) in [5, 5.41) is 3.26. The fraction of sp³-hybridized carbons (Fsp3) is 0.706. The Morgan fingerprint density at radius 3 is 2.91 bits per heavy atom. The Morgan fingerprint density at radius 2 is 2.13 bits per heavy atom. The molecule has 2 aliphatic heterocycles. The van der Waals surface area contributed by atoms with Crippen LogP contribution in [0.25, 0.3) is 0 Å². The number of anilines is 1. The van der Waals surface area contributed by atoms with Gasteiger partial charge in [0.1, 0.15) is 0 Å². The molecule has 23 heavy (non-hydrogen) atoms. The largest absolute Gasteiger partial charge is 0.376 e. The maximum Gasteiger partial charge on any atom is 0.222 e. The Balaban J connectivity index is 1.28. The molecule has 3 atom stereocenters. The van der Waals surface area contributed by atoms with Gasteiger partial charge in [-0.3, -0.25) is 4.79 Å². The van der Waals surface area contributed by atoms with E-state index in [1.165, 1.54) is 12.8 Å². The average molecular weight is 316 g/mol. The highest BCUT2D eigenvalue weighted by Crippen LogP contribution is 2.37. The van der Waals surface area contributed by atoms with Crippen molar-refractivity contribution in [1.82, 2.24) is 14.9 Å². The highest BCUT2D eigenvalue weighted by Gasteiger charge is 2.42. The summed E-state index contributed by atoms with van der Waals surface area (Å²) in [5.41, 5.74) is 0. The molecule has 1 N–H and O–H groups in total. The first-order chi connectivity index (χ1) is 11.3. The van der Waals surface area contributed by atoms with Gasteiger partial charge >= 0.3 is 0 Å². The summed E-state index contributed by atoms with van der Waals surface area (Å²) in [7, 11) is 0. The summed E-state index contributed by atoms with van der Waals surface area (Å²) in [6.07, 6.45) is 7.95. The van der Waals surface area contributed by atoms with Gasteiger partial charge in [0.05, 0.1) is 12.7 Å². The number of ether oxygens (including phenoxy) is 1. The first kappa shape index (κ1) is 14.9. The number of carbonyl (C=O) groups is 1. The zero-order valence-corrected chi connectivity index (χ0v) is 13.4. The molecule has 3 fully saturated rings. The van der Waals surface area contributed by atoms with E-state index >= 15 is 0 Å². The molecule has 3 heterocycles. The third-order valence-electron chi connectivity index (χ3n) is 5.33. The number of rotatable bonds is 5. The number of aromatic nitrogens is 2. The van der Waals surface area contributed by atoms with E-state index in [4.69, 9.17) is 4.74 Å². The van der Waals surface area contributed by atoms with Crippen LogP contribution in [0.3, 0.4) is 0 Å². The third-order valence-corrected chi connectivity index (χ3v) is 5.33. The lowest BCUT2D eigenvalue weighted by molar-refractivity contribution is -0.133. The van der Waals surface area contributed by atoms with Gasteiger partial charge in [0.25, 0.3) is 0 Å². The molecule has 1 saturated carbocycles. The quantitative estimate of drug-likeness (QED) is 0.893. The van der Waals surface area contributed by atoms with Crippen molar-refractivity contribution in [2.24, 2.45) is 17.8 Å². The van der Waals surface area contributed by atoms with E-state index in [2.05, 4.69) is 20.2 Å². The molecule has 1 aromatic rings. The third kappa shape index (κ3) is 3.47. The first-order valence-corrected chi connectivity index (χ1v) is 8.70. The van der Waals surface area contributed by atoms with Crippen molar-refractivity contribution in [3.8, 4) is 0 Å². The van der Waals surface area contributed by atoms with Crippen molar-refractivity contribution in [2.45, 2.75) is 31.8 Å². The lowest BCUT2D eigenvalue weighted by atomic mass is 9.84. The lowest BCUT2D eigenvalue weighted by Gasteiger charge is -2.35. The zero-order chi connectivity index (χ0) is 15.6. The molecule has 0 spiro atoms. The summed E-state index contributed by atoms with van der Waals surface area (Å²) < 4.78 is 5.99. The Labute approximate surface area is 136 Å². The van der Waals surface area contributed by atoms with Crippen LogP contribution in [0.1, 0.15) is 25.7 Å². The van der Waals surface area contributed by atoms with Crippen LogP contribution in [0.15, 0.2) is 18.5 Å². The molecule has 1 amide bonds. The standard InChI is InChI=1S/C17H24N4O2/c22-16(8-12-2-3-12)21-7-4-14-13(10-21)11-23-15(14)9-20-17-18-5-1-6-19-17/h1,5-6,12-15H,2-4,7-11H2,(H,18,19,20)/t13-,14-,15+/m1/s1. The van der Waals surface area contributed by atoms with Crippen molar-refractivity contribution in [2.75, 3.05) is 31.6 Å². The van der Waals surface area contributed by atoms with Gasteiger partial charge in [0, 0.05) is 44.4 Å². The summed E-state index contributed by atoms with van der Waals surface area (Å²) in [6.45, 7) is 3.25. The van der Waals surface area contributed by atoms with Crippen LogP contribution in [0.4, 0.5) is 5.95 Å². The molecule has 0 unspecified atom stereocenters. The Kier molecular flexibility index (Phi) is 4.16. The van der Waals surface area contributed by atoms with Gasteiger partial charge in [-0.2, -0.15) is 0 Å². The van der Waals surface area contributed by atoms with E-state index in [1.807, 2.05) is 6.07 Å².